The van der Waals surface area contributed by atoms with Gasteiger partial charge in [-0.1, -0.05) is 26.0 Å². The molecule has 0 bridgehead atoms. The first-order valence-corrected chi connectivity index (χ1v) is 7.69. The third-order valence-electron chi connectivity index (χ3n) is 3.45. The molecule has 1 aromatic heterocycles. The Bertz CT molecular complexity index is 725. The van der Waals surface area contributed by atoms with Crippen molar-refractivity contribution in [2.75, 3.05) is 11.9 Å². The van der Waals surface area contributed by atoms with Crippen molar-refractivity contribution in [2.24, 2.45) is 11.7 Å². The molecule has 0 saturated heterocycles. The Labute approximate surface area is 140 Å². The minimum absolute atomic E-state index is 0.00884. The SMILES string of the molecule is Cc1nc(-c2cccc(NC(=O)CNC(=O)[C@@H](N)C(C)C)c2)n[nH]1. The number of anilines is 1. The minimum Gasteiger partial charge on any atom is -0.346 e. The molecule has 0 radical (unpaired) electrons. The van der Waals surface area contributed by atoms with Gasteiger partial charge < -0.3 is 16.4 Å². The quantitative estimate of drug-likeness (QED) is 0.624. The summed E-state index contributed by atoms with van der Waals surface area (Å²) < 4.78 is 0. The lowest BCUT2D eigenvalue weighted by molar-refractivity contribution is -0.125. The molecule has 0 saturated carbocycles. The highest BCUT2D eigenvalue weighted by molar-refractivity contribution is 5.95. The number of aryl methyl sites for hydroxylation is 1. The topological polar surface area (TPSA) is 126 Å². The minimum atomic E-state index is -0.630. The molecule has 8 nitrogen and oxygen atoms in total. The van der Waals surface area contributed by atoms with Crippen molar-refractivity contribution >= 4 is 17.5 Å². The number of aromatic nitrogens is 3. The van der Waals surface area contributed by atoms with Crippen molar-refractivity contribution < 1.29 is 9.59 Å². The van der Waals surface area contributed by atoms with Crippen LogP contribution < -0.4 is 16.4 Å². The normalized spacial score (nSPS) is 12.0. The summed E-state index contributed by atoms with van der Waals surface area (Å²) in [5.74, 6) is 0.603. The number of nitrogens with one attached hydrogen (secondary N) is 3. The third kappa shape index (κ3) is 4.63. The number of hydrogen-bond donors (Lipinski definition) is 4. The number of benzene rings is 1. The van der Waals surface area contributed by atoms with Crippen LogP contribution >= 0.6 is 0 Å². The number of amides is 2. The fourth-order valence-corrected chi connectivity index (χ4v) is 2.00. The highest BCUT2D eigenvalue weighted by Crippen LogP contribution is 2.19. The van der Waals surface area contributed by atoms with E-state index in [4.69, 9.17) is 5.73 Å². The number of nitrogens with two attached hydrogens (primary N) is 1. The summed E-state index contributed by atoms with van der Waals surface area (Å²) in [5.41, 5.74) is 7.10. The summed E-state index contributed by atoms with van der Waals surface area (Å²) in [6, 6.07) is 6.53. The van der Waals surface area contributed by atoms with Crippen LogP contribution in [0.4, 0.5) is 5.69 Å². The average molecular weight is 330 g/mol. The van der Waals surface area contributed by atoms with Gasteiger partial charge in [0.15, 0.2) is 5.82 Å². The number of carbonyl (C=O) groups is 2. The molecule has 0 spiro atoms. The molecule has 128 valence electrons. The molecule has 0 fully saturated rings. The summed E-state index contributed by atoms with van der Waals surface area (Å²) >= 11 is 0. The predicted molar refractivity (Wildman–Crippen MR) is 91.0 cm³/mol. The van der Waals surface area contributed by atoms with Crippen molar-refractivity contribution in [1.29, 1.82) is 0 Å². The van der Waals surface area contributed by atoms with Crippen LogP contribution in [0, 0.1) is 12.8 Å². The second kappa shape index (κ2) is 7.69. The summed E-state index contributed by atoms with van der Waals surface area (Å²) in [5, 5.41) is 12.1. The average Bonchev–Trinajstić information content (AvgIpc) is 2.98. The molecule has 2 aromatic rings. The fraction of sp³-hybridized carbons (Fsp3) is 0.375. The Balaban J connectivity index is 1.94. The van der Waals surface area contributed by atoms with Gasteiger partial charge in [0.2, 0.25) is 11.8 Å². The number of hydrogen-bond acceptors (Lipinski definition) is 5. The summed E-state index contributed by atoms with van der Waals surface area (Å²) in [6.45, 7) is 5.37. The maximum absolute atomic E-state index is 12.0. The lowest BCUT2D eigenvalue weighted by Gasteiger charge is -2.15. The smallest absolute Gasteiger partial charge is 0.243 e. The van der Waals surface area contributed by atoms with E-state index in [2.05, 4.69) is 25.8 Å². The Hall–Kier alpha value is -2.74. The van der Waals surface area contributed by atoms with Crippen LogP contribution in [0.5, 0.6) is 0 Å². The van der Waals surface area contributed by atoms with Crippen LogP contribution in [-0.4, -0.2) is 39.6 Å². The zero-order valence-corrected chi connectivity index (χ0v) is 14.0. The van der Waals surface area contributed by atoms with Gasteiger partial charge in [-0.3, -0.25) is 14.7 Å². The largest absolute Gasteiger partial charge is 0.346 e. The molecule has 5 N–H and O–H groups in total. The lowest BCUT2D eigenvalue weighted by atomic mass is 10.1. The number of nitrogens with zero attached hydrogens (tertiary/aromatic N) is 2. The molecule has 1 aromatic carbocycles. The molecular formula is C16H22N6O2. The molecule has 0 aliphatic carbocycles. The van der Waals surface area contributed by atoms with Gasteiger partial charge in [-0.05, 0) is 25.0 Å². The molecule has 1 atom stereocenters. The molecule has 0 aliphatic heterocycles. The zero-order valence-electron chi connectivity index (χ0n) is 14.0. The molecule has 0 unspecified atom stereocenters. The highest BCUT2D eigenvalue weighted by Gasteiger charge is 2.17. The van der Waals surface area contributed by atoms with E-state index in [-0.39, 0.29) is 24.3 Å². The van der Waals surface area contributed by atoms with Crippen LogP contribution in [-0.2, 0) is 9.59 Å². The third-order valence-corrected chi connectivity index (χ3v) is 3.45. The van der Waals surface area contributed by atoms with Gasteiger partial charge in [0.05, 0.1) is 12.6 Å². The van der Waals surface area contributed by atoms with Crippen LogP contribution in [0.3, 0.4) is 0 Å². The van der Waals surface area contributed by atoms with E-state index in [1.54, 1.807) is 18.2 Å². The Kier molecular flexibility index (Phi) is 5.64. The fourth-order valence-electron chi connectivity index (χ4n) is 2.00. The van der Waals surface area contributed by atoms with Crippen LogP contribution in [0.1, 0.15) is 19.7 Å². The Morgan fingerprint density at radius 2 is 2.08 bits per heavy atom. The van der Waals surface area contributed by atoms with Crippen molar-refractivity contribution in [2.45, 2.75) is 26.8 Å². The zero-order chi connectivity index (χ0) is 17.7. The number of carbonyl (C=O) groups excluding carboxylic acids is 2. The van der Waals surface area contributed by atoms with Gasteiger partial charge in [0.25, 0.3) is 0 Å². The standard InChI is InChI=1S/C16H22N6O2/c1-9(2)14(17)16(24)18-8-13(23)20-12-6-4-5-11(7-12)15-19-10(3)21-22-15/h4-7,9,14H,8,17H2,1-3H3,(H,18,24)(H,20,23)(H,19,21,22)/t14-/m0/s1. The van der Waals surface area contributed by atoms with Crippen LogP contribution in [0.2, 0.25) is 0 Å². The molecule has 2 rings (SSSR count). The first-order valence-electron chi connectivity index (χ1n) is 7.69. The highest BCUT2D eigenvalue weighted by atomic mass is 16.2. The van der Waals surface area contributed by atoms with E-state index in [1.165, 1.54) is 0 Å². The van der Waals surface area contributed by atoms with Gasteiger partial charge in [-0.2, -0.15) is 5.10 Å². The molecule has 0 aliphatic rings. The van der Waals surface area contributed by atoms with Gasteiger partial charge in [0, 0.05) is 11.3 Å². The summed E-state index contributed by atoms with van der Waals surface area (Å²) in [6.07, 6.45) is 0. The maximum Gasteiger partial charge on any atom is 0.243 e. The lowest BCUT2D eigenvalue weighted by Crippen LogP contribution is -2.46. The molecular weight excluding hydrogens is 308 g/mol. The molecule has 8 heteroatoms. The molecule has 24 heavy (non-hydrogen) atoms. The first kappa shape index (κ1) is 17.6. The van der Waals surface area contributed by atoms with Crippen LogP contribution in [0.25, 0.3) is 11.4 Å². The van der Waals surface area contributed by atoms with Crippen LogP contribution in [0.15, 0.2) is 24.3 Å². The first-order chi connectivity index (χ1) is 11.4. The summed E-state index contributed by atoms with van der Waals surface area (Å²) in [7, 11) is 0. The maximum atomic E-state index is 12.0. The summed E-state index contributed by atoms with van der Waals surface area (Å²) in [4.78, 5) is 28.0. The van der Waals surface area contributed by atoms with E-state index < -0.39 is 6.04 Å². The number of rotatable bonds is 6. The van der Waals surface area contributed by atoms with Crippen molar-refractivity contribution in [3.63, 3.8) is 0 Å². The van der Waals surface area contributed by atoms with E-state index in [9.17, 15) is 9.59 Å². The monoisotopic (exact) mass is 330 g/mol. The second-order valence-corrected chi connectivity index (χ2v) is 5.86. The van der Waals surface area contributed by atoms with E-state index in [1.807, 2.05) is 26.8 Å². The second-order valence-electron chi connectivity index (χ2n) is 5.86. The predicted octanol–water partition coefficient (Wildman–Crippen LogP) is 0.818. The van der Waals surface area contributed by atoms with Gasteiger partial charge in [-0.25, -0.2) is 4.98 Å². The van der Waals surface area contributed by atoms with E-state index in [0.29, 0.717) is 17.3 Å². The molecule has 1 heterocycles. The van der Waals surface area contributed by atoms with E-state index in [0.717, 1.165) is 5.56 Å². The van der Waals surface area contributed by atoms with Crippen molar-refractivity contribution in [1.82, 2.24) is 20.5 Å². The van der Waals surface area contributed by atoms with Gasteiger partial charge >= 0.3 is 0 Å². The van der Waals surface area contributed by atoms with Gasteiger partial charge in [-0.15, -0.1) is 0 Å². The van der Waals surface area contributed by atoms with Crippen molar-refractivity contribution in [3.8, 4) is 11.4 Å². The number of aromatic amines is 1. The Morgan fingerprint density at radius 1 is 1.33 bits per heavy atom. The molecule has 2 amide bonds. The number of H-pyrrole nitrogens is 1. The van der Waals surface area contributed by atoms with E-state index >= 15 is 0 Å². The van der Waals surface area contributed by atoms with Crippen molar-refractivity contribution in [3.05, 3.63) is 30.1 Å². The Morgan fingerprint density at radius 3 is 2.71 bits per heavy atom. The van der Waals surface area contributed by atoms with Gasteiger partial charge in [0.1, 0.15) is 5.82 Å².